The maximum atomic E-state index is 10.1. The molecule has 2 aromatic rings. The number of phenols is 2. The molecular weight excluding hydrogens is 224 g/mol. The average Bonchev–Trinajstić information content (AvgIpc) is 2.36. The third-order valence-corrected chi connectivity index (χ3v) is 3.46. The predicted molar refractivity (Wildman–Crippen MR) is 63.9 cm³/mol. The van der Waals surface area contributed by atoms with Crippen molar-refractivity contribution < 1.29 is 10.2 Å². The van der Waals surface area contributed by atoms with E-state index in [0.29, 0.717) is 27.2 Å². The lowest BCUT2D eigenvalue weighted by Crippen LogP contribution is -1.92. The summed E-state index contributed by atoms with van der Waals surface area (Å²) >= 11 is 1.45. The van der Waals surface area contributed by atoms with E-state index in [1.54, 1.807) is 24.5 Å². The molecule has 3 rings (SSSR count). The van der Waals surface area contributed by atoms with E-state index in [9.17, 15) is 10.2 Å². The molecule has 0 fully saturated rings. The molecule has 1 aliphatic heterocycles. The van der Waals surface area contributed by atoms with Crippen molar-refractivity contribution in [2.75, 3.05) is 5.75 Å². The Kier molecular flexibility index (Phi) is 2.00. The highest BCUT2D eigenvalue weighted by Crippen LogP contribution is 2.49. The van der Waals surface area contributed by atoms with E-state index in [4.69, 9.17) is 0 Å². The molecule has 5 heteroatoms. The molecule has 0 unspecified atom stereocenters. The minimum absolute atomic E-state index is 0.0827. The molecule has 16 heavy (non-hydrogen) atoms. The quantitative estimate of drug-likeness (QED) is 0.685. The van der Waals surface area contributed by atoms with Gasteiger partial charge in [0.25, 0.3) is 0 Å². The minimum Gasteiger partial charge on any atom is -0.505 e. The number of phenolic OH excluding ortho intramolecular Hbond substituents is 2. The van der Waals surface area contributed by atoms with Crippen molar-refractivity contribution in [1.29, 1.82) is 0 Å². The number of nitrogens with zero attached hydrogens (tertiary/aromatic N) is 2. The maximum Gasteiger partial charge on any atom is 0.157 e. The van der Waals surface area contributed by atoms with Crippen LogP contribution < -0.4 is 0 Å². The van der Waals surface area contributed by atoms with E-state index in [1.807, 2.05) is 0 Å². The summed E-state index contributed by atoms with van der Waals surface area (Å²) < 4.78 is 0. The van der Waals surface area contributed by atoms with Crippen molar-refractivity contribution in [2.45, 2.75) is 4.90 Å². The van der Waals surface area contributed by atoms with Crippen LogP contribution in [0.25, 0.3) is 10.9 Å². The van der Waals surface area contributed by atoms with Gasteiger partial charge in [-0.1, -0.05) is 0 Å². The molecule has 2 N–H and O–H groups in total. The monoisotopic (exact) mass is 232 g/mol. The highest BCUT2D eigenvalue weighted by molar-refractivity contribution is 8.00. The molecule has 0 radical (unpaired) electrons. The van der Waals surface area contributed by atoms with Crippen LogP contribution in [0.1, 0.15) is 0 Å². The summed E-state index contributed by atoms with van der Waals surface area (Å²) in [6, 6.07) is 3.43. The molecule has 2 heterocycles. The molecule has 0 spiro atoms. The fraction of sp³-hybridized carbons (Fsp3) is 0.0909. The van der Waals surface area contributed by atoms with Crippen molar-refractivity contribution in [2.24, 2.45) is 4.99 Å². The van der Waals surface area contributed by atoms with Crippen molar-refractivity contribution >= 4 is 34.6 Å². The van der Waals surface area contributed by atoms with Gasteiger partial charge in [-0.2, -0.15) is 0 Å². The van der Waals surface area contributed by atoms with Crippen LogP contribution in [0.3, 0.4) is 0 Å². The Morgan fingerprint density at radius 1 is 1.25 bits per heavy atom. The van der Waals surface area contributed by atoms with Gasteiger partial charge in [0.2, 0.25) is 0 Å². The number of aromatic nitrogens is 1. The zero-order valence-electron chi connectivity index (χ0n) is 8.21. The summed E-state index contributed by atoms with van der Waals surface area (Å²) in [7, 11) is 0. The number of thioether (sulfide) groups is 1. The second kappa shape index (κ2) is 3.38. The van der Waals surface area contributed by atoms with Crippen LogP contribution in [0.15, 0.2) is 28.2 Å². The van der Waals surface area contributed by atoms with Gasteiger partial charge >= 0.3 is 0 Å². The number of benzene rings is 1. The van der Waals surface area contributed by atoms with Crippen LogP contribution in [0.5, 0.6) is 11.5 Å². The zero-order valence-corrected chi connectivity index (χ0v) is 9.03. The first kappa shape index (κ1) is 9.47. The summed E-state index contributed by atoms with van der Waals surface area (Å²) in [5, 5.41) is 20.6. The molecule has 0 amide bonds. The highest BCUT2D eigenvalue weighted by atomic mass is 32.2. The number of pyridine rings is 1. The van der Waals surface area contributed by atoms with Crippen LogP contribution in [0, 0.1) is 0 Å². The SMILES string of the molecule is Oc1c2c(c(O)c3ncccc13)SCC=N2. The van der Waals surface area contributed by atoms with Crippen LogP contribution in [0.4, 0.5) is 5.69 Å². The number of aliphatic imine (C=N–C) groups is 1. The first-order chi connectivity index (χ1) is 7.79. The predicted octanol–water partition coefficient (Wildman–Crippen LogP) is 2.45. The Morgan fingerprint density at radius 2 is 2.12 bits per heavy atom. The number of hydrogen-bond acceptors (Lipinski definition) is 5. The summed E-state index contributed by atoms with van der Waals surface area (Å²) in [5.74, 6) is 0.878. The van der Waals surface area contributed by atoms with Crippen LogP contribution in [-0.4, -0.2) is 27.2 Å². The summed E-state index contributed by atoms with van der Waals surface area (Å²) in [4.78, 5) is 8.80. The lowest BCUT2D eigenvalue weighted by molar-refractivity contribution is 0.458. The Hall–Kier alpha value is -1.75. The number of hydrogen-bond donors (Lipinski definition) is 2. The lowest BCUT2D eigenvalue weighted by atomic mass is 10.1. The third kappa shape index (κ3) is 1.18. The Bertz CT molecular complexity index is 610. The molecule has 1 aromatic carbocycles. The first-order valence-corrected chi connectivity index (χ1v) is 5.75. The molecule has 0 saturated carbocycles. The number of fused-ring (bicyclic) bond motifs is 2. The van der Waals surface area contributed by atoms with Crippen molar-refractivity contribution in [3.63, 3.8) is 0 Å². The molecule has 0 bridgehead atoms. The van der Waals surface area contributed by atoms with Crippen LogP contribution in [-0.2, 0) is 0 Å². The zero-order chi connectivity index (χ0) is 11.1. The molecule has 1 aromatic heterocycles. The molecule has 1 aliphatic rings. The van der Waals surface area contributed by atoms with Gasteiger partial charge in [-0.15, -0.1) is 11.8 Å². The summed E-state index contributed by atoms with van der Waals surface area (Å²) in [5.41, 5.74) is 0.859. The lowest BCUT2D eigenvalue weighted by Gasteiger charge is -2.14. The summed E-state index contributed by atoms with van der Waals surface area (Å²) in [6.45, 7) is 0. The van der Waals surface area contributed by atoms with E-state index < -0.39 is 0 Å². The second-order valence-corrected chi connectivity index (χ2v) is 4.43. The van der Waals surface area contributed by atoms with Crippen molar-refractivity contribution in [3.05, 3.63) is 18.3 Å². The first-order valence-electron chi connectivity index (χ1n) is 4.77. The molecule has 0 aliphatic carbocycles. The van der Waals surface area contributed by atoms with Crippen molar-refractivity contribution in [3.8, 4) is 11.5 Å². The highest BCUT2D eigenvalue weighted by Gasteiger charge is 2.20. The smallest absolute Gasteiger partial charge is 0.157 e. The molecule has 80 valence electrons. The van der Waals surface area contributed by atoms with E-state index in [2.05, 4.69) is 9.98 Å². The van der Waals surface area contributed by atoms with Gasteiger partial charge in [0.1, 0.15) is 11.2 Å². The topological polar surface area (TPSA) is 65.7 Å². The van der Waals surface area contributed by atoms with Crippen molar-refractivity contribution in [1.82, 2.24) is 4.98 Å². The van der Waals surface area contributed by atoms with Crippen LogP contribution >= 0.6 is 11.8 Å². The fourth-order valence-electron chi connectivity index (χ4n) is 1.75. The summed E-state index contributed by atoms with van der Waals surface area (Å²) in [6.07, 6.45) is 3.30. The Balaban J connectivity index is 2.50. The van der Waals surface area contributed by atoms with Crippen LogP contribution in [0.2, 0.25) is 0 Å². The fourth-order valence-corrected chi connectivity index (χ4v) is 2.58. The number of rotatable bonds is 0. The normalized spacial score (nSPS) is 14.0. The van der Waals surface area contributed by atoms with Gasteiger partial charge in [0.15, 0.2) is 11.5 Å². The second-order valence-electron chi connectivity index (χ2n) is 3.40. The van der Waals surface area contributed by atoms with Gasteiger partial charge in [0, 0.05) is 23.6 Å². The standard InChI is InChI=1S/C11H8N2O2S/c14-9-6-2-1-3-12-7(6)10(15)11-8(9)13-4-5-16-11/h1-4,14-15H,5H2. The van der Waals surface area contributed by atoms with Gasteiger partial charge < -0.3 is 10.2 Å². The maximum absolute atomic E-state index is 10.1. The molecule has 4 nitrogen and oxygen atoms in total. The molecule has 0 saturated heterocycles. The van der Waals surface area contributed by atoms with E-state index in [-0.39, 0.29) is 11.5 Å². The van der Waals surface area contributed by atoms with Gasteiger partial charge in [-0.05, 0) is 12.1 Å². The Morgan fingerprint density at radius 3 is 3.00 bits per heavy atom. The van der Waals surface area contributed by atoms with Gasteiger partial charge in [0.05, 0.1) is 4.90 Å². The third-order valence-electron chi connectivity index (χ3n) is 2.46. The van der Waals surface area contributed by atoms with Gasteiger partial charge in [-0.3, -0.25) is 9.98 Å². The molecule has 0 atom stereocenters. The largest absolute Gasteiger partial charge is 0.505 e. The average molecular weight is 232 g/mol. The van der Waals surface area contributed by atoms with E-state index in [0.717, 1.165) is 0 Å². The minimum atomic E-state index is 0.0827. The van der Waals surface area contributed by atoms with E-state index >= 15 is 0 Å². The van der Waals surface area contributed by atoms with Gasteiger partial charge in [-0.25, -0.2) is 0 Å². The Labute approximate surface area is 95.7 Å². The van der Waals surface area contributed by atoms with E-state index in [1.165, 1.54) is 11.8 Å². The molecular formula is C11H8N2O2S. The number of aromatic hydroxyl groups is 2.